The Labute approximate surface area is 354 Å². The zero-order valence-electron chi connectivity index (χ0n) is 38.1. The van der Waals surface area contributed by atoms with Crippen LogP contribution in [0.1, 0.15) is 29.1 Å². The van der Waals surface area contributed by atoms with Crippen molar-refractivity contribution in [2.75, 3.05) is 0 Å². The Morgan fingerprint density at radius 1 is 0.390 bits per heavy atom. The minimum Gasteiger partial charge on any atom is -0.208 e. The standard InChI is InChI=1S/C55H43N3Si/c1-59(2,3)47-32-29-39(30-33-47)53-56-52(38-17-7-4-8-18-38)57-54(58-53)44-22-16-21-42(36-44)40-19-15-20-41(35-40)43-31-34-49-48-27-13-14-28-50(48)55(51(49)37-43,45-23-9-5-10-24-45)46-25-11-6-12-26-46/h4-37H,1-3H3/i4D,7D,8D,17D,18D. The predicted octanol–water partition coefficient (Wildman–Crippen LogP) is 13.1. The molecule has 1 aromatic heterocycles. The molecule has 1 heterocycles. The summed E-state index contributed by atoms with van der Waals surface area (Å²) in [6.07, 6.45) is 0. The van der Waals surface area contributed by atoms with Gasteiger partial charge in [0.1, 0.15) is 0 Å². The Hall–Kier alpha value is -7.01. The van der Waals surface area contributed by atoms with Gasteiger partial charge >= 0.3 is 0 Å². The molecular weight excluding hydrogens is 731 g/mol. The lowest BCUT2D eigenvalue weighted by atomic mass is 9.67. The van der Waals surface area contributed by atoms with Gasteiger partial charge in [0.05, 0.1) is 20.3 Å². The van der Waals surface area contributed by atoms with Crippen LogP contribution in [0.5, 0.6) is 0 Å². The van der Waals surface area contributed by atoms with Gasteiger partial charge in [-0.05, 0) is 73.8 Å². The van der Waals surface area contributed by atoms with Crippen LogP contribution in [0.2, 0.25) is 19.6 Å². The number of hydrogen-bond acceptors (Lipinski definition) is 3. The molecule has 0 spiro atoms. The summed E-state index contributed by atoms with van der Waals surface area (Å²) < 4.78 is 42.5. The first-order chi connectivity index (χ1) is 30.9. The van der Waals surface area contributed by atoms with Gasteiger partial charge < -0.3 is 0 Å². The monoisotopic (exact) mass is 778 g/mol. The molecule has 10 rings (SSSR count). The summed E-state index contributed by atoms with van der Waals surface area (Å²) >= 11 is 0. The van der Waals surface area contributed by atoms with Crippen LogP contribution in [0.3, 0.4) is 0 Å². The number of nitrogens with zero attached hydrogens (tertiary/aromatic N) is 3. The van der Waals surface area contributed by atoms with Crippen molar-refractivity contribution in [1.82, 2.24) is 15.0 Å². The Kier molecular flexibility index (Phi) is 7.75. The highest BCUT2D eigenvalue weighted by Gasteiger charge is 2.46. The van der Waals surface area contributed by atoms with E-state index >= 15 is 0 Å². The lowest BCUT2D eigenvalue weighted by molar-refractivity contribution is 0.769. The van der Waals surface area contributed by atoms with Crippen LogP contribution in [0, 0.1) is 0 Å². The second-order valence-electron chi connectivity index (χ2n) is 16.1. The first-order valence-electron chi connectivity index (χ1n) is 22.4. The quantitative estimate of drug-likeness (QED) is 0.144. The minimum atomic E-state index is -1.60. The molecule has 0 atom stereocenters. The number of benzene rings is 8. The highest BCUT2D eigenvalue weighted by Crippen LogP contribution is 2.56. The molecule has 0 fully saturated rings. The fraction of sp³-hybridized carbons (Fsp3) is 0.0727. The normalized spacial score (nSPS) is 14.0. The molecule has 0 unspecified atom stereocenters. The van der Waals surface area contributed by atoms with E-state index in [1.54, 1.807) is 0 Å². The molecule has 1 aliphatic carbocycles. The summed E-state index contributed by atoms with van der Waals surface area (Å²) in [4.78, 5) is 14.5. The van der Waals surface area contributed by atoms with Crippen LogP contribution in [0.15, 0.2) is 206 Å². The predicted molar refractivity (Wildman–Crippen MR) is 247 cm³/mol. The summed E-state index contributed by atoms with van der Waals surface area (Å²) in [5, 5.41) is 1.28. The summed E-state index contributed by atoms with van der Waals surface area (Å²) in [7, 11) is -1.60. The maximum atomic E-state index is 8.77. The van der Waals surface area contributed by atoms with Crippen molar-refractivity contribution >= 4 is 13.3 Å². The fourth-order valence-corrected chi connectivity index (χ4v) is 9.73. The zero-order chi connectivity index (χ0) is 44.3. The van der Waals surface area contributed by atoms with Crippen molar-refractivity contribution in [2.24, 2.45) is 0 Å². The molecule has 0 radical (unpaired) electrons. The van der Waals surface area contributed by atoms with E-state index in [1.807, 2.05) is 30.3 Å². The van der Waals surface area contributed by atoms with Crippen LogP contribution in [0.4, 0.5) is 0 Å². The molecule has 0 saturated heterocycles. The van der Waals surface area contributed by atoms with Crippen LogP contribution in [-0.4, -0.2) is 23.0 Å². The lowest BCUT2D eigenvalue weighted by Gasteiger charge is -2.34. The van der Waals surface area contributed by atoms with Crippen molar-refractivity contribution in [3.05, 3.63) is 228 Å². The molecule has 4 heteroatoms. The van der Waals surface area contributed by atoms with Crippen molar-refractivity contribution in [3.8, 4) is 67.5 Å². The summed E-state index contributed by atoms with van der Waals surface area (Å²) in [6, 6.07) is 59.9. The van der Waals surface area contributed by atoms with Gasteiger partial charge in [-0.15, -0.1) is 0 Å². The highest BCUT2D eigenvalue weighted by atomic mass is 28.3. The molecule has 0 N–H and O–H groups in total. The minimum absolute atomic E-state index is 0.0134. The molecule has 282 valence electrons. The molecule has 0 bridgehead atoms. The Morgan fingerprint density at radius 2 is 0.864 bits per heavy atom. The van der Waals surface area contributed by atoms with Crippen molar-refractivity contribution in [1.29, 1.82) is 0 Å². The third-order valence-corrected chi connectivity index (χ3v) is 13.5. The summed E-state index contributed by atoms with van der Waals surface area (Å²) in [5.74, 6) is 0.692. The van der Waals surface area contributed by atoms with E-state index in [0.717, 1.165) is 27.8 Å². The van der Waals surface area contributed by atoms with Crippen molar-refractivity contribution in [2.45, 2.75) is 25.1 Å². The summed E-state index contributed by atoms with van der Waals surface area (Å²) in [6.45, 7) is 6.86. The van der Waals surface area contributed by atoms with Gasteiger partial charge in [0.15, 0.2) is 17.5 Å². The largest absolute Gasteiger partial charge is 0.208 e. The summed E-state index contributed by atoms with van der Waals surface area (Å²) in [5.41, 5.74) is 12.4. The molecule has 3 nitrogen and oxygen atoms in total. The Morgan fingerprint density at radius 3 is 1.47 bits per heavy atom. The maximum Gasteiger partial charge on any atom is 0.164 e. The van der Waals surface area contributed by atoms with Crippen molar-refractivity contribution < 1.29 is 6.85 Å². The lowest BCUT2D eigenvalue weighted by Crippen LogP contribution is -2.37. The highest BCUT2D eigenvalue weighted by molar-refractivity contribution is 6.88. The number of fused-ring (bicyclic) bond motifs is 3. The third-order valence-electron chi connectivity index (χ3n) is 11.5. The molecule has 9 aromatic rings. The molecule has 0 saturated carbocycles. The van der Waals surface area contributed by atoms with E-state index in [4.69, 9.17) is 21.8 Å². The van der Waals surface area contributed by atoms with E-state index < -0.39 is 31.6 Å². The van der Waals surface area contributed by atoms with Gasteiger partial charge in [-0.2, -0.15) is 0 Å². The smallest absolute Gasteiger partial charge is 0.164 e. The number of hydrogen-bond donors (Lipinski definition) is 0. The molecule has 0 aliphatic heterocycles. The zero-order valence-corrected chi connectivity index (χ0v) is 34.1. The van der Waals surface area contributed by atoms with Crippen LogP contribution >= 0.6 is 0 Å². The first-order valence-corrected chi connectivity index (χ1v) is 23.4. The average Bonchev–Trinajstić information content (AvgIpc) is 3.63. The first kappa shape index (κ1) is 31.0. The molecule has 1 aliphatic rings. The Balaban J connectivity index is 1.09. The fourth-order valence-electron chi connectivity index (χ4n) is 8.57. The molecule has 8 aromatic carbocycles. The van der Waals surface area contributed by atoms with Gasteiger partial charge in [0, 0.05) is 16.7 Å². The third kappa shape index (κ3) is 6.52. The van der Waals surface area contributed by atoms with E-state index in [2.05, 4.69) is 165 Å². The molecular formula is C55H43N3Si. The number of aromatic nitrogens is 3. The van der Waals surface area contributed by atoms with Crippen molar-refractivity contribution in [3.63, 3.8) is 0 Å². The second kappa shape index (κ2) is 14.7. The van der Waals surface area contributed by atoms with Gasteiger partial charge in [-0.25, -0.2) is 15.0 Å². The maximum absolute atomic E-state index is 8.77. The topological polar surface area (TPSA) is 38.7 Å². The molecule has 59 heavy (non-hydrogen) atoms. The van der Waals surface area contributed by atoms with Crippen LogP contribution < -0.4 is 5.19 Å². The van der Waals surface area contributed by atoms with Gasteiger partial charge in [0.2, 0.25) is 0 Å². The Bertz CT molecular complexity index is 3190. The van der Waals surface area contributed by atoms with Crippen LogP contribution in [-0.2, 0) is 5.41 Å². The average molecular weight is 779 g/mol. The van der Waals surface area contributed by atoms with E-state index in [0.29, 0.717) is 17.2 Å². The van der Waals surface area contributed by atoms with Gasteiger partial charge in [-0.1, -0.05) is 213 Å². The number of rotatable bonds is 8. The SMILES string of the molecule is [2H]c1c([2H])c([2H])c(-c2nc(-c3ccc([Si](C)(C)C)cc3)nc(-c3cccc(-c4cccc(-c5ccc6c(c5)C(c5ccccc5)(c5ccccc5)c5ccccc5-6)c4)c3)n2)c([2H])c1[2H]. The van der Waals surface area contributed by atoms with E-state index in [-0.39, 0.29) is 23.5 Å². The van der Waals surface area contributed by atoms with E-state index in [1.165, 1.54) is 38.6 Å². The van der Waals surface area contributed by atoms with Crippen LogP contribution in [0.25, 0.3) is 67.5 Å². The van der Waals surface area contributed by atoms with Gasteiger partial charge in [0.25, 0.3) is 0 Å². The van der Waals surface area contributed by atoms with E-state index in [9.17, 15) is 0 Å². The molecule has 0 amide bonds. The second-order valence-corrected chi connectivity index (χ2v) is 21.2. The van der Waals surface area contributed by atoms with Gasteiger partial charge in [-0.3, -0.25) is 0 Å².